The van der Waals surface area contributed by atoms with Crippen molar-refractivity contribution in [1.29, 1.82) is 0 Å². The lowest BCUT2D eigenvalue weighted by Gasteiger charge is -2.35. The Labute approximate surface area is 173 Å². The van der Waals surface area contributed by atoms with E-state index in [4.69, 9.17) is 25.8 Å². The summed E-state index contributed by atoms with van der Waals surface area (Å²) in [6, 6.07) is 12.5. The number of aliphatic hydroxyl groups excluding tert-OH is 1. The Hall–Kier alpha value is -2.44. The Kier molecular flexibility index (Phi) is 4.76. The number of carbonyl (C=O) groups is 1. The summed E-state index contributed by atoms with van der Waals surface area (Å²) >= 11 is 6.03. The van der Waals surface area contributed by atoms with Crippen LogP contribution >= 0.6 is 11.6 Å². The summed E-state index contributed by atoms with van der Waals surface area (Å²) in [5.41, 5.74) is 0.597. The van der Waals surface area contributed by atoms with Gasteiger partial charge in [0.15, 0.2) is 11.5 Å². The van der Waals surface area contributed by atoms with Crippen molar-refractivity contribution in [3.63, 3.8) is 0 Å². The lowest BCUT2D eigenvalue weighted by molar-refractivity contribution is -0.0231. The summed E-state index contributed by atoms with van der Waals surface area (Å²) in [5, 5.41) is 11.2. The number of rotatable bonds is 3. The molecule has 0 radical (unpaired) electrons. The average Bonchev–Trinajstić information content (AvgIpc) is 3.33. The minimum Gasteiger partial charge on any atom is -0.488 e. The van der Waals surface area contributed by atoms with Crippen LogP contribution in [0.1, 0.15) is 23.2 Å². The van der Waals surface area contributed by atoms with Crippen LogP contribution in [0.2, 0.25) is 5.02 Å². The van der Waals surface area contributed by atoms with Crippen molar-refractivity contribution in [2.24, 2.45) is 11.8 Å². The van der Waals surface area contributed by atoms with Crippen molar-refractivity contribution in [2.45, 2.75) is 25.0 Å². The van der Waals surface area contributed by atoms with Gasteiger partial charge in [-0.3, -0.25) is 4.79 Å². The molecule has 5 rings (SSSR count). The number of hydrogen-bond donors (Lipinski definition) is 1. The standard InChI is InChI=1S/C22H22ClNO5/c23-16-2-1-3-17(9-16)29-20-8-15-11-24(10-14(15)6-18(20)25)22(26)13-4-5-19-21(7-13)28-12-27-19/h1-5,7,9,14-15,18,20,25H,6,8,10-12H2/t14-,15+,18+,20+/m0/s1. The molecule has 0 spiro atoms. The van der Waals surface area contributed by atoms with Crippen LogP contribution in [0.3, 0.4) is 0 Å². The SMILES string of the molecule is O=C(c1ccc2c(c1)OCO2)N1C[C@H]2C[C@@H](Oc3cccc(Cl)c3)[C@H](O)C[C@H]2C1. The van der Waals surface area contributed by atoms with Gasteiger partial charge in [-0.15, -0.1) is 0 Å². The van der Waals surface area contributed by atoms with Gasteiger partial charge in [-0.25, -0.2) is 0 Å². The number of likely N-dealkylation sites (tertiary alicyclic amines) is 1. The van der Waals surface area contributed by atoms with Crippen LogP contribution in [0.5, 0.6) is 17.2 Å². The molecule has 2 aromatic carbocycles. The molecule has 0 unspecified atom stereocenters. The molecular weight excluding hydrogens is 394 g/mol. The second-order valence-electron chi connectivity index (χ2n) is 7.95. The maximum Gasteiger partial charge on any atom is 0.254 e. The highest BCUT2D eigenvalue weighted by molar-refractivity contribution is 6.30. The zero-order chi connectivity index (χ0) is 20.0. The smallest absolute Gasteiger partial charge is 0.254 e. The summed E-state index contributed by atoms with van der Waals surface area (Å²) < 4.78 is 16.7. The molecule has 1 saturated carbocycles. The van der Waals surface area contributed by atoms with E-state index in [2.05, 4.69) is 0 Å². The van der Waals surface area contributed by atoms with Gasteiger partial charge in [-0.2, -0.15) is 0 Å². The second-order valence-corrected chi connectivity index (χ2v) is 8.39. The van der Waals surface area contributed by atoms with Crippen LogP contribution in [0.25, 0.3) is 0 Å². The second kappa shape index (κ2) is 7.43. The van der Waals surface area contributed by atoms with Gasteiger partial charge in [0.05, 0.1) is 6.10 Å². The molecule has 1 saturated heterocycles. The van der Waals surface area contributed by atoms with Gasteiger partial charge in [-0.05, 0) is 61.1 Å². The van der Waals surface area contributed by atoms with Gasteiger partial charge < -0.3 is 24.2 Å². The van der Waals surface area contributed by atoms with Crippen molar-refractivity contribution in [3.05, 3.63) is 53.1 Å². The molecule has 7 heteroatoms. The lowest BCUT2D eigenvalue weighted by Crippen LogP contribution is -2.42. The van der Waals surface area contributed by atoms with Crippen LogP contribution in [-0.4, -0.2) is 48.0 Å². The number of ether oxygens (including phenoxy) is 3. The fourth-order valence-corrected chi connectivity index (χ4v) is 4.79. The van der Waals surface area contributed by atoms with Crippen LogP contribution in [0, 0.1) is 11.8 Å². The Morgan fingerprint density at radius 2 is 1.86 bits per heavy atom. The predicted molar refractivity (Wildman–Crippen MR) is 107 cm³/mol. The molecule has 4 atom stereocenters. The van der Waals surface area contributed by atoms with Crippen LogP contribution < -0.4 is 14.2 Å². The van der Waals surface area contributed by atoms with E-state index >= 15 is 0 Å². The van der Waals surface area contributed by atoms with E-state index in [1.807, 2.05) is 17.0 Å². The van der Waals surface area contributed by atoms with E-state index in [9.17, 15) is 9.90 Å². The van der Waals surface area contributed by atoms with Crippen molar-refractivity contribution >= 4 is 17.5 Å². The minimum absolute atomic E-state index is 0.0144. The Balaban J connectivity index is 1.26. The molecule has 2 heterocycles. The highest BCUT2D eigenvalue weighted by atomic mass is 35.5. The summed E-state index contributed by atoms with van der Waals surface area (Å²) in [6.07, 6.45) is 0.482. The highest BCUT2D eigenvalue weighted by Gasteiger charge is 2.44. The first-order valence-corrected chi connectivity index (χ1v) is 10.2. The molecule has 2 aromatic rings. The molecule has 2 aliphatic heterocycles. The van der Waals surface area contributed by atoms with Crippen molar-refractivity contribution in [3.8, 4) is 17.2 Å². The molecule has 6 nitrogen and oxygen atoms in total. The largest absolute Gasteiger partial charge is 0.488 e. The Bertz CT molecular complexity index is 935. The van der Waals surface area contributed by atoms with Crippen LogP contribution in [0.4, 0.5) is 0 Å². The Morgan fingerprint density at radius 1 is 1.07 bits per heavy atom. The first-order valence-electron chi connectivity index (χ1n) is 9.86. The maximum atomic E-state index is 13.0. The van der Waals surface area contributed by atoms with E-state index in [0.717, 1.165) is 0 Å². The van der Waals surface area contributed by atoms with Gasteiger partial charge in [0.25, 0.3) is 5.91 Å². The van der Waals surface area contributed by atoms with Crippen LogP contribution in [0.15, 0.2) is 42.5 Å². The van der Waals surface area contributed by atoms with Crippen molar-refractivity contribution < 1.29 is 24.1 Å². The van der Waals surface area contributed by atoms with Crippen molar-refractivity contribution in [1.82, 2.24) is 4.90 Å². The molecule has 152 valence electrons. The van der Waals surface area contributed by atoms with Gasteiger partial charge >= 0.3 is 0 Å². The summed E-state index contributed by atoms with van der Waals surface area (Å²) in [5.74, 6) is 2.51. The third kappa shape index (κ3) is 3.63. The van der Waals surface area contributed by atoms with Crippen molar-refractivity contribution in [2.75, 3.05) is 19.9 Å². The molecule has 1 N–H and O–H groups in total. The average molecular weight is 416 g/mol. The molecule has 1 aliphatic carbocycles. The zero-order valence-electron chi connectivity index (χ0n) is 15.8. The molecule has 3 aliphatic rings. The number of carbonyl (C=O) groups excluding carboxylic acids is 1. The minimum atomic E-state index is -0.559. The Morgan fingerprint density at radius 3 is 2.69 bits per heavy atom. The molecule has 0 bridgehead atoms. The van der Waals surface area contributed by atoms with E-state index in [1.165, 1.54) is 0 Å². The lowest BCUT2D eigenvalue weighted by atomic mass is 9.78. The number of amides is 1. The van der Waals surface area contributed by atoms with Gasteiger partial charge in [-0.1, -0.05) is 17.7 Å². The van der Waals surface area contributed by atoms with E-state index in [1.54, 1.807) is 30.3 Å². The third-order valence-electron chi connectivity index (χ3n) is 6.08. The number of halogens is 1. The van der Waals surface area contributed by atoms with Gasteiger partial charge in [0, 0.05) is 23.7 Å². The number of hydrogen-bond acceptors (Lipinski definition) is 5. The number of benzene rings is 2. The third-order valence-corrected chi connectivity index (χ3v) is 6.31. The van der Waals surface area contributed by atoms with Crippen LogP contribution in [-0.2, 0) is 0 Å². The number of fused-ring (bicyclic) bond motifs is 2. The monoisotopic (exact) mass is 415 g/mol. The quantitative estimate of drug-likeness (QED) is 0.832. The summed E-state index contributed by atoms with van der Waals surface area (Å²) in [4.78, 5) is 14.9. The summed E-state index contributed by atoms with van der Waals surface area (Å²) in [7, 11) is 0. The molecular formula is C22H22ClNO5. The van der Waals surface area contributed by atoms with E-state index < -0.39 is 6.10 Å². The van der Waals surface area contributed by atoms with E-state index in [-0.39, 0.29) is 24.7 Å². The molecule has 29 heavy (non-hydrogen) atoms. The molecule has 1 amide bonds. The highest BCUT2D eigenvalue weighted by Crippen LogP contribution is 2.39. The fourth-order valence-electron chi connectivity index (χ4n) is 4.61. The number of nitrogens with zero attached hydrogens (tertiary/aromatic N) is 1. The van der Waals surface area contributed by atoms with E-state index in [0.29, 0.717) is 59.7 Å². The molecule has 0 aromatic heterocycles. The first-order chi connectivity index (χ1) is 14.1. The fraction of sp³-hybridized carbons (Fsp3) is 0.409. The topological polar surface area (TPSA) is 68.2 Å². The normalized spacial score (nSPS) is 27.6. The van der Waals surface area contributed by atoms with Gasteiger partial charge in [0.1, 0.15) is 11.9 Å². The summed E-state index contributed by atoms with van der Waals surface area (Å²) in [6.45, 7) is 1.51. The number of aliphatic hydroxyl groups is 1. The predicted octanol–water partition coefficient (Wildman–Crippen LogP) is 3.36. The zero-order valence-corrected chi connectivity index (χ0v) is 16.5. The molecule has 2 fully saturated rings. The van der Waals surface area contributed by atoms with Gasteiger partial charge in [0.2, 0.25) is 6.79 Å². The first kappa shape index (κ1) is 18.6. The maximum absolute atomic E-state index is 13.0.